The Morgan fingerprint density at radius 3 is 2.67 bits per heavy atom. The van der Waals surface area contributed by atoms with Crippen LogP contribution >= 0.6 is 0 Å². The van der Waals surface area contributed by atoms with E-state index < -0.39 is 0 Å². The molecule has 0 aromatic heterocycles. The first kappa shape index (κ1) is 12.5. The first-order chi connectivity index (χ1) is 8.66. The van der Waals surface area contributed by atoms with E-state index >= 15 is 0 Å². The fourth-order valence-corrected chi connectivity index (χ4v) is 4.20. The quantitative estimate of drug-likeness (QED) is 0.803. The second kappa shape index (κ2) is 4.84. The topological polar surface area (TPSA) is 41.1 Å². The summed E-state index contributed by atoms with van der Waals surface area (Å²) in [4.78, 5) is 12.3. The van der Waals surface area contributed by atoms with Crippen LogP contribution in [0.3, 0.4) is 0 Å². The SMILES string of the molecule is CC1(CNC(=O)C2CC3CCC2C3)CCNCC1. The van der Waals surface area contributed by atoms with Crippen LogP contribution < -0.4 is 10.6 Å². The van der Waals surface area contributed by atoms with Crippen molar-refractivity contribution in [2.24, 2.45) is 23.2 Å². The predicted octanol–water partition coefficient (Wildman–Crippen LogP) is 1.93. The lowest BCUT2D eigenvalue weighted by Crippen LogP contribution is -2.44. The molecule has 18 heavy (non-hydrogen) atoms. The molecule has 3 nitrogen and oxygen atoms in total. The summed E-state index contributed by atoms with van der Waals surface area (Å²) < 4.78 is 0. The van der Waals surface area contributed by atoms with Gasteiger partial charge in [-0.25, -0.2) is 0 Å². The summed E-state index contributed by atoms with van der Waals surface area (Å²) in [6.45, 7) is 5.39. The van der Waals surface area contributed by atoms with Crippen molar-refractivity contribution in [1.29, 1.82) is 0 Å². The van der Waals surface area contributed by atoms with Gasteiger partial charge in [0, 0.05) is 12.5 Å². The molecule has 3 aliphatic rings. The van der Waals surface area contributed by atoms with Crippen molar-refractivity contribution in [1.82, 2.24) is 10.6 Å². The van der Waals surface area contributed by atoms with Gasteiger partial charge in [0.15, 0.2) is 0 Å². The zero-order chi connectivity index (χ0) is 12.6. The molecular formula is C15H26N2O. The number of rotatable bonds is 3. The molecule has 3 fully saturated rings. The molecule has 1 amide bonds. The summed E-state index contributed by atoms with van der Waals surface area (Å²) in [7, 11) is 0. The summed E-state index contributed by atoms with van der Waals surface area (Å²) >= 11 is 0. The molecule has 2 bridgehead atoms. The van der Waals surface area contributed by atoms with Gasteiger partial charge in [-0.3, -0.25) is 4.79 Å². The molecule has 2 saturated carbocycles. The minimum Gasteiger partial charge on any atom is -0.355 e. The predicted molar refractivity (Wildman–Crippen MR) is 72.2 cm³/mol. The zero-order valence-electron chi connectivity index (χ0n) is 11.5. The van der Waals surface area contributed by atoms with Crippen LogP contribution in [0.15, 0.2) is 0 Å². The molecule has 0 aromatic carbocycles. The van der Waals surface area contributed by atoms with E-state index in [-0.39, 0.29) is 0 Å². The molecule has 0 aromatic rings. The van der Waals surface area contributed by atoms with Gasteiger partial charge < -0.3 is 10.6 Å². The van der Waals surface area contributed by atoms with E-state index in [0.29, 0.717) is 23.2 Å². The number of hydrogen-bond acceptors (Lipinski definition) is 2. The van der Waals surface area contributed by atoms with Crippen molar-refractivity contribution in [2.75, 3.05) is 19.6 Å². The van der Waals surface area contributed by atoms with Gasteiger partial charge >= 0.3 is 0 Å². The second-order valence-electron chi connectivity index (χ2n) is 7.06. The molecule has 3 atom stereocenters. The summed E-state index contributed by atoms with van der Waals surface area (Å²) in [5.41, 5.74) is 0.318. The van der Waals surface area contributed by atoms with Gasteiger partial charge in [-0.1, -0.05) is 13.3 Å². The minimum atomic E-state index is 0.318. The van der Waals surface area contributed by atoms with E-state index in [4.69, 9.17) is 0 Å². The van der Waals surface area contributed by atoms with Crippen molar-refractivity contribution in [3.63, 3.8) is 0 Å². The highest BCUT2D eigenvalue weighted by molar-refractivity contribution is 5.79. The Morgan fingerprint density at radius 1 is 1.28 bits per heavy atom. The Balaban J connectivity index is 1.49. The largest absolute Gasteiger partial charge is 0.355 e. The van der Waals surface area contributed by atoms with Crippen molar-refractivity contribution in [3.05, 3.63) is 0 Å². The van der Waals surface area contributed by atoms with Crippen LogP contribution in [-0.2, 0) is 4.79 Å². The first-order valence-electron chi connectivity index (χ1n) is 7.65. The standard InChI is InChI=1S/C15H26N2O/c1-15(4-6-16-7-5-15)10-17-14(18)13-9-11-2-3-12(13)8-11/h11-13,16H,2-10H2,1H3,(H,17,18). The lowest BCUT2D eigenvalue weighted by atomic mass is 9.80. The summed E-state index contributed by atoms with van der Waals surface area (Å²) in [5, 5.41) is 6.64. The third-order valence-electron chi connectivity index (χ3n) is 5.57. The molecule has 2 N–H and O–H groups in total. The molecule has 3 rings (SSSR count). The molecule has 1 saturated heterocycles. The highest BCUT2D eigenvalue weighted by atomic mass is 16.1. The molecule has 1 heterocycles. The van der Waals surface area contributed by atoms with Crippen LogP contribution in [0, 0.1) is 23.2 Å². The van der Waals surface area contributed by atoms with Gasteiger partial charge in [-0.15, -0.1) is 0 Å². The van der Waals surface area contributed by atoms with Crippen LogP contribution in [0.2, 0.25) is 0 Å². The van der Waals surface area contributed by atoms with Crippen LogP contribution in [0.1, 0.15) is 45.4 Å². The molecule has 0 radical (unpaired) electrons. The monoisotopic (exact) mass is 250 g/mol. The van der Waals surface area contributed by atoms with Gasteiger partial charge in [0.25, 0.3) is 0 Å². The van der Waals surface area contributed by atoms with Crippen molar-refractivity contribution in [2.45, 2.75) is 45.4 Å². The Morgan fingerprint density at radius 2 is 2.06 bits per heavy atom. The van der Waals surface area contributed by atoms with Crippen LogP contribution in [0.25, 0.3) is 0 Å². The van der Waals surface area contributed by atoms with Gasteiger partial charge in [0.1, 0.15) is 0 Å². The average Bonchev–Trinajstić information content (AvgIpc) is 2.99. The van der Waals surface area contributed by atoms with E-state index in [2.05, 4.69) is 17.6 Å². The van der Waals surface area contributed by atoms with E-state index in [0.717, 1.165) is 32.0 Å². The smallest absolute Gasteiger partial charge is 0.223 e. The van der Waals surface area contributed by atoms with Crippen molar-refractivity contribution >= 4 is 5.91 Å². The molecule has 1 aliphatic heterocycles. The molecule has 0 spiro atoms. The Kier molecular flexibility index (Phi) is 3.35. The Bertz CT molecular complexity index is 322. The zero-order valence-corrected chi connectivity index (χ0v) is 11.5. The maximum Gasteiger partial charge on any atom is 0.223 e. The Hall–Kier alpha value is -0.570. The molecule has 2 aliphatic carbocycles. The van der Waals surface area contributed by atoms with Crippen LogP contribution in [-0.4, -0.2) is 25.5 Å². The number of carbonyl (C=O) groups is 1. The fraction of sp³-hybridized carbons (Fsp3) is 0.933. The third-order valence-corrected chi connectivity index (χ3v) is 5.57. The van der Waals surface area contributed by atoms with E-state index in [9.17, 15) is 4.79 Å². The van der Waals surface area contributed by atoms with E-state index in [1.807, 2.05) is 0 Å². The summed E-state index contributed by atoms with van der Waals surface area (Å²) in [6.07, 6.45) is 7.52. The Labute approximate surface area is 110 Å². The number of amides is 1. The fourth-order valence-electron chi connectivity index (χ4n) is 4.20. The number of piperidine rings is 1. The van der Waals surface area contributed by atoms with Crippen LogP contribution in [0.4, 0.5) is 0 Å². The van der Waals surface area contributed by atoms with Crippen molar-refractivity contribution < 1.29 is 4.79 Å². The minimum absolute atomic E-state index is 0.318. The number of fused-ring (bicyclic) bond motifs is 2. The average molecular weight is 250 g/mol. The molecule has 102 valence electrons. The lowest BCUT2D eigenvalue weighted by molar-refractivity contribution is -0.127. The second-order valence-corrected chi connectivity index (χ2v) is 7.06. The van der Waals surface area contributed by atoms with Gasteiger partial charge in [0.2, 0.25) is 5.91 Å². The molecule has 3 heteroatoms. The number of hydrogen-bond donors (Lipinski definition) is 2. The highest BCUT2D eigenvalue weighted by Crippen LogP contribution is 2.48. The number of nitrogens with one attached hydrogen (secondary N) is 2. The maximum absolute atomic E-state index is 12.3. The summed E-state index contributed by atoms with van der Waals surface area (Å²) in [6, 6.07) is 0. The normalized spacial score (nSPS) is 37.7. The molecule has 3 unspecified atom stereocenters. The van der Waals surface area contributed by atoms with E-state index in [1.165, 1.54) is 32.1 Å². The third kappa shape index (κ3) is 2.42. The van der Waals surface area contributed by atoms with Gasteiger partial charge in [0.05, 0.1) is 0 Å². The van der Waals surface area contributed by atoms with E-state index in [1.54, 1.807) is 0 Å². The number of carbonyl (C=O) groups excluding carboxylic acids is 1. The molecular weight excluding hydrogens is 224 g/mol. The lowest BCUT2D eigenvalue weighted by Gasteiger charge is -2.34. The highest BCUT2D eigenvalue weighted by Gasteiger charge is 2.43. The maximum atomic E-state index is 12.3. The van der Waals surface area contributed by atoms with Gasteiger partial charge in [-0.05, 0) is 62.4 Å². The van der Waals surface area contributed by atoms with Crippen LogP contribution in [0.5, 0.6) is 0 Å². The van der Waals surface area contributed by atoms with Gasteiger partial charge in [-0.2, -0.15) is 0 Å². The first-order valence-corrected chi connectivity index (χ1v) is 7.65. The van der Waals surface area contributed by atoms with Crippen molar-refractivity contribution in [3.8, 4) is 0 Å². The summed E-state index contributed by atoms with van der Waals surface area (Å²) in [5.74, 6) is 2.26.